The van der Waals surface area contributed by atoms with E-state index in [9.17, 15) is 0 Å². The molecule has 0 saturated carbocycles. The lowest BCUT2D eigenvalue weighted by atomic mass is 10.0. The molecule has 27 heavy (non-hydrogen) atoms. The fourth-order valence-corrected chi connectivity index (χ4v) is 3.62. The largest absolute Gasteiger partial charge is 0.378 e. The van der Waals surface area contributed by atoms with Crippen LogP contribution in [0.5, 0.6) is 0 Å². The summed E-state index contributed by atoms with van der Waals surface area (Å²) in [6, 6.07) is 14.6. The monoisotopic (exact) mass is 363 g/mol. The summed E-state index contributed by atoms with van der Waals surface area (Å²) >= 11 is 0. The minimum absolute atomic E-state index is 0.0161. The molecule has 1 unspecified atom stereocenters. The number of nitrogens with zero attached hydrogens (tertiary/aromatic N) is 4. The molecule has 1 aliphatic rings. The van der Waals surface area contributed by atoms with Crippen molar-refractivity contribution in [1.29, 1.82) is 0 Å². The molecule has 140 valence electrons. The van der Waals surface area contributed by atoms with Crippen LogP contribution in [0.15, 0.2) is 54.9 Å². The molecule has 6 heteroatoms. The number of pyridine rings is 1. The number of hydrogen-bond acceptors (Lipinski definition) is 5. The Morgan fingerprint density at radius 2 is 1.85 bits per heavy atom. The zero-order chi connectivity index (χ0) is 18.6. The number of morpholine rings is 1. The first-order valence-electron chi connectivity index (χ1n) is 9.33. The number of benzene rings is 1. The SMILES string of the molecule is Cn1c(-c2ccc(N3CCOCC3)cc2)cnc1C(CN)c1ccccn1. The van der Waals surface area contributed by atoms with Crippen molar-refractivity contribution >= 4 is 5.69 Å². The average molecular weight is 363 g/mol. The Morgan fingerprint density at radius 1 is 1.07 bits per heavy atom. The van der Waals surface area contributed by atoms with E-state index in [1.165, 1.54) is 5.69 Å². The van der Waals surface area contributed by atoms with Crippen LogP contribution in [0.25, 0.3) is 11.3 Å². The maximum absolute atomic E-state index is 6.05. The van der Waals surface area contributed by atoms with E-state index in [2.05, 4.69) is 43.7 Å². The zero-order valence-corrected chi connectivity index (χ0v) is 15.6. The second kappa shape index (κ2) is 7.90. The Kier molecular flexibility index (Phi) is 5.18. The van der Waals surface area contributed by atoms with Gasteiger partial charge < -0.3 is 19.9 Å². The van der Waals surface area contributed by atoms with E-state index < -0.39 is 0 Å². The van der Waals surface area contributed by atoms with E-state index in [0.717, 1.165) is 49.1 Å². The summed E-state index contributed by atoms with van der Waals surface area (Å²) in [5.41, 5.74) is 10.4. The summed E-state index contributed by atoms with van der Waals surface area (Å²) in [5.74, 6) is 0.918. The van der Waals surface area contributed by atoms with Crippen LogP contribution in [-0.4, -0.2) is 47.4 Å². The number of aromatic nitrogens is 3. The summed E-state index contributed by atoms with van der Waals surface area (Å²) in [4.78, 5) is 11.5. The van der Waals surface area contributed by atoms with Crippen LogP contribution in [0, 0.1) is 0 Å². The molecular weight excluding hydrogens is 338 g/mol. The van der Waals surface area contributed by atoms with Crippen LogP contribution in [0.3, 0.4) is 0 Å². The number of hydrogen-bond donors (Lipinski definition) is 1. The van der Waals surface area contributed by atoms with Gasteiger partial charge in [-0.15, -0.1) is 0 Å². The van der Waals surface area contributed by atoms with E-state index in [1.807, 2.05) is 31.4 Å². The van der Waals surface area contributed by atoms with Crippen LogP contribution < -0.4 is 10.6 Å². The quantitative estimate of drug-likeness (QED) is 0.754. The van der Waals surface area contributed by atoms with Crippen LogP contribution in [0.2, 0.25) is 0 Å². The predicted octanol–water partition coefficient (Wildman–Crippen LogP) is 2.41. The van der Waals surface area contributed by atoms with Gasteiger partial charge in [-0.1, -0.05) is 18.2 Å². The standard InChI is InChI=1S/C21H25N5O/c1-25-20(15-24-21(25)18(14-22)19-4-2-3-9-23-19)16-5-7-17(8-6-16)26-10-12-27-13-11-26/h2-9,15,18H,10-14,22H2,1H3. The fourth-order valence-electron chi connectivity index (χ4n) is 3.62. The molecule has 2 aromatic heterocycles. The first kappa shape index (κ1) is 17.7. The molecule has 2 N–H and O–H groups in total. The molecule has 1 aromatic carbocycles. The van der Waals surface area contributed by atoms with Gasteiger partial charge in [0.25, 0.3) is 0 Å². The van der Waals surface area contributed by atoms with Crippen molar-refractivity contribution in [1.82, 2.24) is 14.5 Å². The first-order valence-corrected chi connectivity index (χ1v) is 9.33. The number of nitrogens with two attached hydrogens (primary N) is 1. The molecule has 1 aliphatic heterocycles. The lowest BCUT2D eigenvalue weighted by Crippen LogP contribution is -2.36. The second-order valence-electron chi connectivity index (χ2n) is 6.75. The van der Waals surface area contributed by atoms with Gasteiger partial charge in [-0.3, -0.25) is 4.98 Å². The second-order valence-corrected chi connectivity index (χ2v) is 6.75. The fraction of sp³-hybridized carbons (Fsp3) is 0.333. The van der Waals surface area contributed by atoms with Crippen LogP contribution in [0.1, 0.15) is 17.4 Å². The van der Waals surface area contributed by atoms with Crippen molar-refractivity contribution in [3.63, 3.8) is 0 Å². The minimum atomic E-state index is -0.0161. The zero-order valence-electron chi connectivity index (χ0n) is 15.6. The highest BCUT2D eigenvalue weighted by atomic mass is 16.5. The van der Waals surface area contributed by atoms with Crippen molar-refractivity contribution in [2.24, 2.45) is 12.8 Å². The molecule has 3 aromatic rings. The summed E-state index contributed by atoms with van der Waals surface area (Å²) in [7, 11) is 2.04. The summed E-state index contributed by atoms with van der Waals surface area (Å²) in [6.07, 6.45) is 3.72. The Morgan fingerprint density at radius 3 is 2.52 bits per heavy atom. The highest BCUT2D eigenvalue weighted by Gasteiger charge is 2.20. The maximum Gasteiger partial charge on any atom is 0.119 e. The van der Waals surface area contributed by atoms with Gasteiger partial charge in [0, 0.05) is 38.6 Å². The normalized spacial score (nSPS) is 15.7. The molecule has 3 heterocycles. The molecule has 4 rings (SSSR count). The molecule has 0 spiro atoms. The van der Waals surface area contributed by atoms with Crippen molar-refractivity contribution in [2.75, 3.05) is 37.7 Å². The van der Waals surface area contributed by atoms with Crippen LogP contribution in [0.4, 0.5) is 5.69 Å². The van der Waals surface area contributed by atoms with Gasteiger partial charge in [-0.2, -0.15) is 0 Å². The molecule has 6 nitrogen and oxygen atoms in total. The van der Waals surface area contributed by atoms with Crippen LogP contribution in [-0.2, 0) is 11.8 Å². The lowest BCUT2D eigenvalue weighted by Gasteiger charge is -2.28. The van der Waals surface area contributed by atoms with E-state index in [1.54, 1.807) is 6.20 Å². The van der Waals surface area contributed by atoms with Crippen LogP contribution >= 0.6 is 0 Å². The van der Waals surface area contributed by atoms with Gasteiger partial charge in [-0.05, 0) is 29.8 Å². The van der Waals surface area contributed by atoms with E-state index in [0.29, 0.717) is 6.54 Å². The topological polar surface area (TPSA) is 69.2 Å². The van der Waals surface area contributed by atoms with Crippen molar-refractivity contribution < 1.29 is 4.74 Å². The maximum atomic E-state index is 6.05. The van der Waals surface area contributed by atoms with Crippen molar-refractivity contribution in [2.45, 2.75) is 5.92 Å². The summed E-state index contributed by atoms with van der Waals surface area (Å²) in [5, 5.41) is 0. The third kappa shape index (κ3) is 3.59. The molecule has 1 fully saturated rings. The first-order chi connectivity index (χ1) is 13.3. The molecular formula is C21H25N5O. The Labute approximate surface area is 159 Å². The van der Waals surface area contributed by atoms with Gasteiger partial charge in [0.2, 0.25) is 0 Å². The summed E-state index contributed by atoms with van der Waals surface area (Å²) in [6.45, 7) is 3.94. The Hall–Kier alpha value is -2.70. The molecule has 1 atom stereocenters. The highest BCUT2D eigenvalue weighted by molar-refractivity contribution is 5.63. The van der Waals surface area contributed by atoms with E-state index in [-0.39, 0.29) is 5.92 Å². The Balaban J connectivity index is 1.60. The van der Waals surface area contributed by atoms with E-state index in [4.69, 9.17) is 10.5 Å². The average Bonchev–Trinajstić information content (AvgIpc) is 3.11. The summed E-state index contributed by atoms with van der Waals surface area (Å²) < 4.78 is 7.55. The molecule has 0 radical (unpaired) electrons. The van der Waals surface area contributed by atoms with Gasteiger partial charge in [0.1, 0.15) is 5.82 Å². The van der Waals surface area contributed by atoms with Gasteiger partial charge in [0.05, 0.1) is 36.7 Å². The highest BCUT2D eigenvalue weighted by Crippen LogP contribution is 2.28. The number of imidazole rings is 1. The smallest absolute Gasteiger partial charge is 0.119 e. The minimum Gasteiger partial charge on any atom is -0.378 e. The van der Waals surface area contributed by atoms with E-state index >= 15 is 0 Å². The van der Waals surface area contributed by atoms with Gasteiger partial charge in [0.15, 0.2) is 0 Å². The van der Waals surface area contributed by atoms with Gasteiger partial charge >= 0.3 is 0 Å². The molecule has 0 amide bonds. The Bertz CT molecular complexity index is 869. The molecule has 1 saturated heterocycles. The van der Waals surface area contributed by atoms with Gasteiger partial charge in [-0.25, -0.2) is 4.98 Å². The van der Waals surface area contributed by atoms with Crippen molar-refractivity contribution in [3.05, 3.63) is 66.4 Å². The predicted molar refractivity (Wildman–Crippen MR) is 107 cm³/mol. The third-order valence-corrected chi connectivity index (χ3v) is 5.16. The number of ether oxygens (including phenoxy) is 1. The number of rotatable bonds is 5. The number of anilines is 1. The third-order valence-electron chi connectivity index (χ3n) is 5.16. The molecule has 0 bridgehead atoms. The lowest BCUT2D eigenvalue weighted by molar-refractivity contribution is 0.122. The van der Waals surface area contributed by atoms with Crippen molar-refractivity contribution in [3.8, 4) is 11.3 Å². The molecule has 0 aliphatic carbocycles.